The van der Waals surface area contributed by atoms with Crippen LogP contribution >= 0.6 is 0 Å². The summed E-state index contributed by atoms with van der Waals surface area (Å²) in [5.41, 5.74) is 6.58. The molecule has 0 bridgehead atoms. The van der Waals surface area contributed by atoms with E-state index in [4.69, 9.17) is 10.5 Å². The average molecular weight is 263 g/mol. The Labute approximate surface area is 113 Å². The lowest BCUT2D eigenvalue weighted by atomic mass is 9.96. The number of pyridine rings is 1. The van der Waals surface area contributed by atoms with Crippen molar-refractivity contribution in [2.75, 3.05) is 18.6 Å². The Kier molecular flexibility index (Phi) is 4.37. The number of carbonyl (C=O) groups excluding carboxylic acids is 1. The zero-order valence-electron chi connectivity index (χ0n) is 11.5. The highest BCUT2D eigenvalue weighted by Crippen LogP contribution is 2.27. The van der Waals surface area contributed by atoms with Crippen molar-refractivity contribution in [1.29, 1.82) is 0 Å². The van der Waals surface area contributed by atoms with Crippen LogP contribution in [0.1, 0.15) is 36.5 Å². The van der Waals surface area contributed by atoms with E-state index in [9.17, 15) is 4.79 Å². The van der Waals surface area contributed by atoms with Crippen LogP contribution in [0.5, 0.6) is 0 Å². The third kappa shape index (κ3) is 2.87. The molecule has 1 aliphatic rings. The number of ether oxygens (including phenoxy) is 1. The Morgan fingerprint density at radius 2 is 2.37 bits per heavy atom. The van der Waals surface area contributed by atoms with E-state index in [0.717, 1.165) is 19.4 Å². The first-order valence-corrected chi connectivity index (χ1v) is 6.70. The van der Waals surface area contributed by atoms with Gasteiger partial charge in [0.25, 0.3) is 0 Å². The molecular formula is C14H21N3O2. The fraction of sp³-hybridized carbons (Fsp3) is 0.571. The molecule has 0 amide bonds. The van der Waals surface area contributed by atoms with Crippen LogP contribution in [0.4, 0.5) is 5.82 Å². The highest BCUT2D eigenvalue weighted by atomic mass is 16.5. The SMILES string of the molecule is COC(=O)c1cccnc1N1CCCCC1C(C)N. The molecule has 0 aromatic carbocycles. The van der Waals surface area contributed by atoms with Gasteiger partial charge in [-0.3, -0.25) is 0 Å². The molecule has 19 heavy (non-hydrogen) atoms. The smallest absolute Gasteiger partial charge is 0.341 e. The summed E-state index contributed by atoms with van der Waals surface area (Å²) in [5.74, 6) is 0.341. The lowest BCUT2D eigenvalue weighted by Crippen LogP contribution is -2.50. The summed E-state index contributed by atoms with van der Waals surface area (Å²) in [4.78, 5) is 18.4. The monoisotopic (exact) mass is 263 g/mol. The van der Waals surface area contributed by atoms with Gasteiger partial charge in [-0.1, -0.05) is 0 Å². The molecular weight excluding hydrogens is 242 g/mol. The molecule has 2 rings (SSSR count). The van der Waals surface area contributed by atoms with Gasteiger partial charge in [0.2, 0.25) is 0 Å². The van der Waals surface area contributed by atoms with Gasteiger partial charge < -0.3 is 15.4 Å². The molecule has 0 saturated carbocycles. The lowest BCUT2D eigenvalue weighted by molar-refractivity contribution is 0.0600. The second-order valence-corrected chi connectivity index (χ2v) is 4.98. The maximum absolute atomic E-state index is 11.8. The highest BCUT2D eigenvalue weighted by molar-refractivity contribution is 5.94. The number of hydrogen-bond acceptors (Lipinski definition) is 5. The fourth-order valence-corrected chi connectivity index (χ4v) is 2.66. The zero-order chi connectivity index (χ0) is 13.8. The second kappa shape index (κ2) is 6.02. The predicted octanol–water partition coefficient (Wildman–Crippen LogP) is 1.57. The van der Waals surface area contributed by atoms with Crippen LogP contribution in [0.25, 0.3) is 0 Å². The molecule has 2 N–H and O–H groups in total. The molecule has 2 heterocycles. The number of rotatable bonds is 3. The average Bonchev–Trinajstić information content (AvgIpc) is 2.46. The molecule has 2 atom stereocenters. The van der Waals surface area contributed by atoms with Gasteiger partial charge in [0.15, 0.2) is 0 Å². The van der Waals surface area contributed by atoms with E-state index >= 15 is 0 Å². The van der Waals surface area contributed by atoms with E-state index in [1.54, 1.807) is 18.3 Å². The van der Waals surface area contributed by atoms with Gasteiger partial charge in [-0.05, 0) is 38.3 Å². The van der Waals surface area contributed by atoms with Crippen LogP contribution in [0.3, 0.4) is 0 Å². The summed E-state index contributed by atoms with van der Waals surface area (Å²) < 4.78 is 4.83. The maximum Gasteiger partial charge on any atom is 0.341 e. The second-order valence-electron chi connectivity index (χ2n) is 4.98. The van der Waals surface area contributed by atoms with Crippen molar-refractivity contribution in [3.05, 3.63) is 23.9 Å². The van der Waals surface area contributed by atoms with Crippen molar-refractivity contribution in [1.82, 2.24) is 4.98 Å². The number of nitrogens with zero attached hydrogens (tertiary/aromatic N) is 2. The van der Waals surface area contributed by atoms with Crippen LogP contribution < -0.4 is 10.6 Å². The van der Waals surface area contributed by atoms with Gasteiger partial charge in [0.05, 0.1) is 7.11 Å². The summed E-state index contributed by atoms with van der Waals surface area (Å²) in [5, 5.41) is 0. The van der Waals surface area contributed by atoms with E-state index in [1.807, 2.05) is 6.92 Å². The summed E-state index contributed by atoms with van der Waals surface area (Å²) in [6, 6.07) is 3.78. The Morgan fingerprint density at radius 1 is 1.58 bits per heavy atom. The molecule has 5 nitrogen and oxygen atoms in total. The predicted molar refractivity (Wildman–Crippen MR) is 74.2 cm³/mol. The minimum Gasteiger partial charge on any atom is -0.465 e. The minimum absolute atomic E-state index is 0.0489. The van der Waals surface area contributed by atoms with E-state index in [0.29, 0.717) is 11.4 Å². The lowest BCUT2D eigenvalue weighted by Gasteiger charge is -2.39. The number of esters is 1. The molecule has 5 heteroatoms. The summed E-state index contributed by atoms with van der Waals surface area (Å²) >= 11 is 0. The fourth-order valence-electron chi connectivity index (χ4n) is 2.66. The number of nitrogens with two attached hydrogens (primary N) is 1. The zero-order valence-corrected chi connectivity index (χ0v) is 11.5. The molecule has 2 unspecified atom stereocenters. The standard InChI is InChI=1S/C14H21N3O2/c1-10(15)12-7-3-4-9-17(12)13-11(14(18)19-2)6-5-8-16-13/h5-6,8,10,12H,3-4,7,9,15H2,1-2H3. The number of methoxy groups -OCH3 is 1. The van der Waals surface area contributed by atoms with Crippen LogP contribution in [0.15, 0.2) is 18.3 Å². The Bertz CT molecular complexity index is 448. The number of piperidine rings is 1. The van der Waals surface area contributed by atoms with Crippen molar-refractivity contribution in [3.8, 4) is 0 Å². The summed E-state index contributed by atoms with van der Waals surface area (Å²) in [7, 11) is 1.39. The van der Waals surface area contributed by atoms with Crippen LogP contribution in [-0.2, 0) is 4.74 Å². The normalized spacial score (nSPS) is 21.0. The topological polar surface area (TPSA) is 68.5 Å². The molecule has 0 aliphatic carbocycles. The van der Waals surface area contributed by atoms with Crippen molar-refractivity contribution < 1.29 is 9.53 Å². The number of carbonyl (C=O) groups is 1. The van der Waals surface area contributed by atoms with Gasteiger partial charge in [-0.15, -0.1) is 0 Å². The number of aromatic nitrogens is 1. The van der Waals surface area contributed by atoms with E-state index < -0.39 is 0 Å². The quantitative estimate of drug-likeness (QED) is 0.838. The van der Waals surface area contributed by atoms with E-state index in [-0.39, 0.29) is 18.1 Å². The van der Waals surface area contributed by atoms with Crippen LogP contribution in [-0.4, -0.2) is 36.7 Å². The van der Waals surface area contributed by atoms with Crippen molar-refractivity contribution in [2.45, 2.75) is 38.3 Å². The number of anilines is 1. The van der Waals surface area contributed by atoms with Crippen molar-refractivity contribution >= 4 is 11.8 Å². The van der Waals surface area contributed by atoms with E-state index in [1.165, 1.54) is 13.5 Å². The Morgan fingerprint density at radius 3 is 3.05 bits per heavy atom. The summed E-state index contributed by atoms with van der Waals surface area (Å²) in [6.07, 6.45) is 5.01. The molecule has 0 spiro atoms. The maximum atomic E-state index is 11.8. The minimum atomic E-state index is -0.350. The van der Waals surface area contributed by atoms with Gasteiger partial charge in [-0.25, -0.2) is 9.78 Å². The van der Waals surface area contributed by atoms with Gasteiger partial charge in [-0.2, -0.15) is 0 Å². The van der Waals surface area contributed by atoms with Crippen LogP contribution in [0, 0.1) is 0 Å². The van der Waals surface area contributed by atoms with Crippen LogP contribution in [0.2, 0.25) is 0 Å². The first-order valence-electron chi connectivity index (χ1n) is 6.70. The molecule has 0 radical (unpaired) electrons. The highest BCUT2D eigenvalue weighted by Gasteiger charge is 2.29. The first-order chi connectivity index (χ1) is 9.15. The first kappa shape index (κ1) is 13.8. The molecule has 1 aromatic rings. The van der Waals surface area contributed by atoms with Gasteiger partial charge in [0, 0.05) is 24.8 Å². The van der Waals surface area contributed by atoms with Crippen molar-refractivity contribution in [2.24, 2.45) is 5.73 Å². The Hall–Kier alpha value is -1.62. The third-order valence-electron chi connectivity index (χ3n) is 3.62. The molecule has 1 saturated heterocycles. The summed E-state index contributed by atoms with van der Waals surface area (Å²) in [6.45, 7) is 2.89. The van der Waals surface area contributed by atoms with Gasteiger partial charge in [0.1, 0.15) is 11.4 Å². The molecule has 1 aromatic heterocycles. The van der Waals surface area contributed by atoms with E-state index in [2.05, 4.69) is 9.88 Å². The molecule has 1 aliphatic heterocycles. The molecule has 1 fully saturated rings. The molecule has 104 valence electrons. The largest absolute Gasteiger partial charge is 0.465 e. The number of hydrogen-bond donors (Lipinski definition) is 1. The van der Waals surface area contributed by atoms with Gasteiger partial charge >= 0.3 is 5.97 Å². The Balaban J connectivity index is 2.36. The van der Waals surface area contributed by atoms with Crippen molar-refractivity contribution in [3.63, 3.8) is 0 Å². The third-order valence-corrected chi connectivity index (χ3v) is 3.62.